The number of rotatable bonds is 4. The van der Waals surface area contributed by atoms with Gasteiger partial charge in [0.2, 0.25) is 5.89 Å². The van der Waals surface area contributed by atoms with Crippen LogP contribution < -0.4 is 4.74 Å². The molecule has 0 amide bonds. The lowest BCUT2D eigenvalue weighted by atomic mass is 9.69. The fraction of sp³-hybridized carbons (Fsp3) is 0.429. The van der Waals surface area contributed by atoms with E-state index in [-0.39, 0.29) is 34.1 Å². The summed E-state index contributed by atoms with van der Waals surface area (Å²) in [6.45, 7) is 6.39. The number of ether oxygens (including phenoxy) is 1. The van der Waals surface area contributed by atoms with E-state index in [1.54, 1.807) is 13.0 Å². The highest BCUT2D eigenvalue weighted by Crippen LogP contribution is 2.67. The smallest absolute Gasteiger partial charge is 0.414 e. The lowest BCUT2D eigenvalue weighted by Crippen LogP contribution is -2.41. The molecule has 29 heavy (non-hydrogen) atoms. The summed E-state index contributed by atoms with van der Waals surface area (Å²) in [5, 5.41) is 16.3. The molecule has 0 saturated heterocycles. The summed E-state index contributed by atoms with van der Waals surface area (Å²) in [6, 6.07) is 5.58. The van der Waals surface area contributed by atoms with Crippen LogP contribution in [0.1, 0.15) is 49.8 Å². The van der Waals surface area contributed by atoms with Crippen molar-refractivity contribution in [1.29, 1.82) is 0 Å². The monoisotopic (exact) mass is 398 g/mol. The van der Waals surface area contributed by atoms with E-state index in [2.05, 4.69) is 34.2 Å². The van der Waals surface area contributed by atoms with Gasteiger partial charge >= 0.3 is 6.08 Å². The largest absolute Gasteiger partial charge is 0.448 e. The highest BCUT2D eigenvalue weighted by Gasteiger charge is 2.64. The summed E-state index contributed by atoms with van der Waals surface area (Å²) < 4.78 is 39.7. The lowest BCUT2D eigenvalue weighted by molar-refractivity contribution is 0.0982. The van der Waals surface area contributed by atoms with Gasteiger partial charge in [0.25, 0.3) is 0 Å². The second-order valence-electron chi connectivity index (χ2n) is 8.40. The highest BCUT2D eigenvalue weighted by atomic mass is 19.1. The second kappa shape index (κ2) is 6.05. The normalized spacial score (nSPS) is 24.0. The van der Waals surface area contributed by atoms with Gasteiger partial charge in [0.05, 0.1) is 22.4 Å². The summed E-state index contributed by atoms with van der Waals surface area (Å²) in [5.41, 5.74) is 1.34. The zero-order chi connectivity index (χ0) is 20.4. The number of benzene rings is 1. The molecule has 6 nitrogen and oxygen atoms in total. The van der Waals surface area contributed by atoms with Gasteiger partial charge in [0.1, 0.15) is 18.2 Å². The molecule has 1 fully saturated rings. The Labute approximate surface area is 166 Å². The summed E-state index contributed by atoms with van der Waals surface area (Å²) in [5.74, 6) is -0.656. The Morgan fingerprint density at radius 1 is 1.14 bits per heavy atom. The maximum atomic E-state index is 14.3. The topological polar surface area (TPSA) is 73.9 Å². The minimum atomic E-state index is -0.647. The molecule has 1 aromatic carbocycles. The van der Waals surface area contributed by atoms with Crippen LogP contribution in [0.2, 0.25) is 0 Å². The van der Waals surface area contributed by atoms with E-state index in [9.17, 15) is 8.78 Å². The van der Waals surface area contributed by atoms with Gasteiger partial charge in [-0.25, -0.2) is 8.78 Å². The van der Waals surface area contributed by atoms with E-state index in [1.165, 1.54) is 18.2 Å². The van der Waals surface area contributed by atoms with Gasteiger partial charge in [0.15, 0.2) is 0 Å². The molecule has 2 aliphatic carbocycles. The van der Waals surface area contributed by atoms with Crippen molar-refractivity contribution in [1.82, 2.24) is 20.4 Å². The molecule has 3 aromatic rings. The predicted octanol–water partition coefficient (Wildman–Crippen LogP) is 4.35. The first-order valence-electron chi connectivity index (χ1n) is 9.59. The number of aryl methyl sites for hydroxylation is 1. The van der Waals surface area contributed by atoms with Crippen LogP contribution in [0.5, 0.6) is 6.08 Å². The molecule has 150 valence electrons. The Balaban J connectivity index is 1.56. The first kappa shape index (κ1) is 18.1. The van der Waals surface area contributed by atoms with E-state index in [0.29, 0.717) is 12.5 Å². The zero-order valence-corrected chi connectivity index (χ0v) is 16.4. The van der Waals surface area contributed by atoms with Crippen LogP contribution in [0.15, 0.2) is 28.7 Å². The third-order valence-corrected chi connectivity index (χ3v) is 6.78. The van der Waals surface area contributed by atoms with Crippen molar-refractivity contribution in [2.75, 3.05) is 6.61 Å². The SMILES string of the molecule is Cc1nnc(OCC23CCC(c4cc(-c5c(F)cccc5F)nnc42)C3(C)C)o1. The molecular weight excluding hydrogens is 378 g/mol. The molecule has 5 rings (SSSR count). The maximum Gasteiger partial charge on any atom is 0.414 e. The molecule has 8 heteroatoms. The summed E-state index contributed by atoms with van der Waals surface area (Å²) in [7, 11) is 0. The maximum absolute atomic E-state index is 14.3. The van der Waals surface area contributed by atoms with E-state index in [1.807, 2.05) is 0 Å². The molecule has 2 aliphatic rings. The quantitative estimate of drug-likeness (QED) is 0.651. The van der Waals surface area contributed by atoms with Gasteiger partial charge in [-0.3, -0.25) is 0 Å². The molecule has 0 radical (unpaired) electrons. The summed E-state index contributed by atoms with van der Waals surface area (Å²) in [4.78, 5) is 0. The highest BCUT2D eigenvalue weighted by molar-refractivity contribution is 5.63. The van der Waals surface area contributed by atoms with Crippen molar-refractivity contribution in [2.24, 2.45) is 5.41 Å². The molecule has 0 spiro atoms. The number of hydrogen-bond acceptors (Lipinski definition) is 6. The van der Waals surface area contributed by atoms with Gasteiger partial charge in [0, 0.05) is 6.92 Å². The molecule has 2 heterocycles. The number of fused-ring (bicyclic) bond motifs is 5. The average Bonchev–Trinajstić information content (AvgIpc) is 3.26. The first-order chi connectivity index (χ1) is 13.8. The van der Waals surface area contributed by atoms with Gasteiger partial charge in [-0.05, 0) is 47.9 Å². The van der Waals surface area contributed by atoms with Gasteiger partial charge in [-0.1, -0.05) is 25.0 Å². The molecular formula is C21H20F2N4O2. The minimum absolute atomic E-state index is 0.127. The van der Waals surface area contributed by atoms with E-state index in [4.69, 9.17) is 9.15 Å². The van der Waals surface area contributed by atoms with Gasteiger partial charge < -0.3 is 9.15 Å². The van der Waals surface area contributed by atoms with Crippen LogP contribution in [0.3, 0.4) is 0 Å². The molecule has 0 N–H and O–H groups in total. The second-order valence-corrected chi connectivity index (χ2v) is 8.40. The molecule has 2 unspecified atom stereocenters. The third-order valence-electron chi connectivity index (χ3n) is 6.78. The minimum Gasteiger partial charge on any atom is -0.448 e. The average molecular weight is 398 g/mol. The van der Waals surface area contributed by atoms with Crippen LogP contribution in [0.4, 0.5) is 8.78 Å². The van der Waals surface area contributed by atoms with Crippen molar-refractivity contribution >= 4 is 0 Å². The summed E-state index contributed by atoms with van der Waals surface area (Å²) in [6.07, 6.45) is 1.95. The van der Waals surface area contributed by atoms with Crippen molar-refractivity contribution < 1.29 is 17.9 Å². The Morgan fingerprint density at radius 3 is 2.59 bits per heavy atom. The summed E-state index contributed by atoms with van der Waals surface area (Å²) >= 11 is 0. The van der Waals surface area contributed by atoms with Crippen molar-refractivity contribution in [3.05, 3.63) is 53.0 Å². The molecule has 0 aliphatic heterocycles. The molecule has 2 aromatic heterocycles. The lowest BCUT2D eigenvalue weighted by Gasteiger charge is -2.36. The number of nitrogens with zero attached hydrogens (tertiary/aromatic N) is 4. The fourth-order valence-corrected chi connectivity index (χ4v) is 5.13. The van der Waals surface area contributed by atoms with Crippen molar-refractivity contribution in [2.45, 2.75) is 44.9 Å². The van der Waals surface area contributed by atoms with E-state index in [0.717, 1.165) is 24.1 Å². The Kier molecular flexibility index (Phi) is 3.78. The van der Waals surface area contributed by atoms with Crippen LogP contribution in [0, 0.1) is 24.0 Å². The van der Waals surface area contributed by atoms with Crippen LogP contribution in [-0.2, 0) is 5.41 Å². The number of aromatic nitrogens is 4. The molecule has 2 bridgehead atoms. The number of hydrogen-bond donors (Lipinski definition) is 0. The molecule has 1 saturated carbocycles. The van der Waals surface area contributed by atoms with Crippen LogP contribution in [-0.4, -0.2) is 27.0 Å². The van der Waals surface area contributed by atoms with E-state index < -0.39 is 11.6 Å². The Hall–Kier alpha value is -2.90. The van der Waals surface area contributed by atoms with Crippen LogP contribution >= 0.6 is 0 Å². The Bertz CT molecular complexity index is 1090. The fourth-order valence-electron chi connectivity index (χ4n) is 5.13. The van der Waals surface area contributed by atoms with Gasteiger partial charge in [-0.2, -0.15) is 5.10 Å². The Morgan fingerprint density at radius 2 is 1.90 bits per heavy atom. The number of halogens is 2. The van der Waals surface area contributed by atoms with Crippen molar-refractivity contribution in [3.63, 3.8) is 0 Å². The molecule has 2 atom stereocenters. The standard InChI is InChI=1S/C21H20F2N4O2/c1-11-24-27-19(29-11)28-10-21-8-7-13(20(21,2)3)12-9-16(25-26-18(12)21)17-14(22)5-4-6-15(17)23/h4-6,9,13H,7-8,10H2,1-3H3. The predicted molar refractivity (Wildman–Crippen MR) is 99.3 cm³/mol. The van der Waals surface area contributed by atoms with Crippen LogP contribution in [0.25, 0.3) is 11.3 Å². The van der Waals surface area contributed by atoms with Crippen molar-refractivity contribution in [3.8, 4) is 17.3 Å². The van der Waals surface area contributed by atoms with Gasteiger partial charge in [-0.15, -0.1) is 10.2 Å². The third kappa shape index (κ3) is 2.44. The van der Waals surface area contributed by atoms with E-state index >= 15 is 0 Å². The first-order valence-corrected chi connectivity index (χ1v) is 9.59. The zero-order valence-electron chi connectivity index (χ0n) is 16.4.